The highest BCUT2D eigenvalue weighted by molar-refractivity contribution is 7.10. The molecule has 2 rings (SSSR count). The Labute approximate surface area is 104 Å². The normalized spacial score (nSPS) is 10.6. The summed E-state index contributed by atoms with van der Waals surface area (Å²) in [5, 5.41) is 5.32. The van der Waals surface area contributed by atoms with Crippen molar-refractivity contribution in [2.75, 3.05) is 12.3 Å². The molecule has 1 aromatic carbocycles. The van der Waals surface area contributed by atoms with Gasteiger partial charge >= 0.3 is 0 Å². The zero-order valence-corrected chi connectivity index (χ0v) is 10.3. The van der Waals surface area contributed by atoms with Crippen LogP contribution in [0.2, 0.25) is 0 Å². The van der Waals surface area contributed by atoms with Crippen molar-refractivity contribution in [3.63, 3.8) is 0 Å². The van der Waals surface area contributed by atoms with Crippen molar-refractivity contribution in [2.45, 2.75) is 13.0 Å². The highest BCUT2D eigenvalue weighted by Gasteiger charge is 1.99. The Balaban J connectivity index is 1.73. The number of nitrogens with one attached hydrogen (secondary N) is 1. The monoisotopic (exact) mass is 250 g/mol. The molecule has 0 amide bonds. The summed E-state index contributed by atoms with van der Waals surface area (Å²) in [6, 6.07) is 8.54. The summed E-state index contributed by atoms with van der Waals surface area (Å²) in [7, 11) is 0. The maximum atomic E-state index is 12.7. The van der Waals surface area contributed by atoms with Crippen LogP contribution in [-0.4, -0.2) is 6.54 Å². The van der Waals surface area contributed by atoms with Crippen LogP contribution in [0.15, 0.2) is 35.7 Å². The molecule has 1 heterocycles. The van der Waals surface area contributed by atoms with Crippen LogP contribution < -0.4 is 11.1 Å². The largest absolute Gasteiger partial charge is 0.398 e. The van der Waals surface area contributed by atoms with Crippen LogP contribution in [0, 0.1) is 5.82 Å². The molecule has 1 aromatic heterocycles. The fraction of sp³-hybridized carbons (Fsp3) is 0.231. The number of nitrogen functional groups attached to an aromatic ring is 1. The maximum absolute atomic E-state index is 12.7. The lowest BCUT2D eigenvalue weighted by Gasteiger charge is -2.04. The summed E-state index contributed by atoms with van der Waals surface area (Å²) in [6.07, 6.45) is 0.894. The Morgan fingerprint density at radius 2 is 1.94 bits per heavy atom. The van der Waals surface area contributed by atoms with Gasteiger partial charge in [-0.1, -0.05) is 12.1 Å². The Morgan fingerprint density at radius 3 is 2.59 bits per heavy atom. The van der Waals surface area contributed by atoms with E-state index in [1.165, 1.54) is 17.0 Å². The van der Waals surface area contributed by atoms with E-state index in [1.54, 1.807) is 11.3 Å². The molecule has 90 valence electrons. The molecule has 0 saturated carbocycles. The first-order chi connectivity index (χ1) is 8.25. The van der Waals surface area contributed by atoms with E-state index in [1.807, 2.05) is 23.6 Å². The van der Waals surface area contributed by atoms with Crippen LogP contribution in [-0.2, 0) is 13.0 Å². The average Bonchev–Trinajstić information content (AvgIpc) is 2.73. The quantitative estimate of drug-likeness (QED) is 0.801. The third-order valence-electron chi connectivity index (χ3n) is 2.57. The maximum Gasteiger partial charge on any atom is 0.123 e. The topological polar surface area (TPSA) is 38.0 Å². The Kier molecular flexibility index (Phi) is 4.12. The number of halogens is 1. The van der Waals surface area contributed by atoms with Crippen molar-refractivity contribution in [3.05, 3.63) is 52.0 Å². The lowest BCUT2D eigenvalue weighted by molar-refractivity contribution is 0.626. The van der Waals surface area contributed by atoms with Crippen LogP contribution in [0.3, 0.4) is 0 Å². The van der Waals surface area contributed by atoms with Gasteiger partial charge in [0.25, 0.3) is 0 Å². The van der Waals surface area contributed by atoms with Crippen molar-refractivity contribution in [1.82, 2.24) is 5.32 Å². The van der Waals surface area contributed by atoms with Crippen molar-refractivity contribution in [1.29, 1.82) is 0 Å². The molecule has 0 aliphatic rings. The van der Waals surface area contributed by atoms with Gasteiger partial charge < -0.3 is 11.1 Å². The van der Waals surface area contributed by atoms with Gasteiger partial charge in [0.1, 0.15) is 5.82 Å². The lowest BCUT2D eigenvalue weighted by atomic mass is 10.1. The van der Waals surface area contributed by atoms with Gasteiger partial charge in [-0.2, -0.15) is 0 Å². The predicted octanol–water partition coefficient (Wildman–Crippen LogP) is 2.80. The molecule has 0 radical (unpaired) electrons. The standard InChI is InChI=1S/C13H15FN2S/c14-11-3-1-10(2-4-11)5-7-16-9-13-12(15)6-8-17-13/h1-4,6,8,16H,5,7,9,15H2. The number of nitrogens with two attached hydrogens (primary N) is 1. The Morgan fingerprint density at radius 1 is 1.18 bits per heavy atom. The number of benzene rings is 1. The zero-order chi connectivity index (χ0) is 12.1. The van der Waals surface area contributed by atoms with Gasteiger partial charge in [-0.15, -0.1) is 11.3 Å². The molecule has 0 fully saturated rings. The van der Waals surface area contributed by atoms with Crippen molar-refractivity contribution >= 4 is 17.0 Å². The van der Waals surface area contributed by atoms with Crippen LogP contribution in [0.25, 0.3) is 0 Å². The molecular weight excluding hydrogens is 235 g/mol. The molecule has 0 bridgehead atoms. The van der Waals surface area contributed by atoms with E-state index < -0.39 is 0 Å². The Bertz CT molecular complexity index is 465. The number of hydrogen-bond donors (Lipinski definition) is 2. The summed E-state index contributed by atoms with van der Waals surface area (Å²) < 4.78 is 12.7. The molecule has 0 aliphatic carbocycles. The van der Waals surface area contributed by atoms with Crippen molar-refractivity contribution < 1.29 is 4.39 Å². The second-order valence-corrected chi connectivity index (χ2v) is 4.85. The summed E-state index contributed by atoms with van der Waals surface area (Å²) in [6.45, 7) is 1.66. The van der Waals surface area contributed by atoms with Gasteiger partial charge in [0.05, 0.1) is 0 Å². The van der Waals surface area contributed by atoms with Gasteiger partial charge in [-0.3, -0.25) is 0 Å². The molecule has 0 spiro atoms. The highest BCUT2D eigenvalue weighted by Crippen LogP contribution is 2.17. The van der Waals surface area contributed by atoms with Crippen molar-refractivity contribution in [3.8, 4) is 0 Å². The number of rotatable bonds is 5. The minimum absolute atomic E-state index is 0.187. The number of thiophene rings is 1. The summed E-state index contributed by atoms with van der Waals surface area (Å²) in [5.74, 6) is -0.187. The molecule has 3 N–H and O–H groups in total. The van der Waals surface area contributed by atoms with E-state index in [0.717, 1.165) is 30.8 Å². The fourth-order valence-electron chi connectivity index (χ4n) is 1.58. The third-order valence-corrected chi connectivity index (χ3v) is 3.51. The minimum Gasteiger partial charge on any atom is -0.398 e. The second-order valence-electron chi connectivity index (χ2n) is 3.85. The Hall–Kier alpha value is -1.39. The molecule has 0 unspecified atom stereocenters. The fourth-order valence-corrected chi connectivity index (χ4v) is 2.35. The van der Waals surface area contributed by atoms with E-state index in [0.29, 0.717) is 0 Å². The SMILES string of the molecule is Nc1ccsc1CNCCc1ccc(F)cc1. The molecule has 2 nitrogen and oxygen atoms in total. The minimum atomic E-state index is -0.187. The third kappa shape index (κ3) is 3.54. The molecule has 2 aromatic rings. The molecule has 17 heavy (non-hydrogen) atoms. The van der Waals surface area contributed by atoms with Gasteiger partial charge in [0.2, 0.25) is 0 Å². The lowest BCUT2D eigenvalue weighted by Crippen LogP contribution is -2.16. The molecular formula is C13H15FN2S. The molecule has 0 atom stereocenters. The predicted molar refractivity (Wildman–Crippen MR) is 70.5 cm³/mol. The van der Waals surface area contributed by atoms with Crippen LogP contribution >= 0.6 is 11.3 Å². The first kappa shape index (κ1) is 12.1. The number of anilines is 1. The van der Waals surface area contributed by atoms with E-state index in [2.05, 4.69) is 5.32 Å². The van der Waals surface area contributed by atoms with Crippen molar-refractivity contribution in [2.24, 2.45) is 0 Å². The highest BCUT2D eigenvalue weighted by atomic mass is 32.1. The number of hydrogen-bond acceptors (Lipinski definition) is 3. The smallest absolute Gasteiger partial charge is 0.123 e. The molecule has 0 aliphatic heterocycles. The van der Waals surface area contributed by atoms with Crippen LogP contribution in [0.1, 0.15) is 10.4 Å². The van der Waals surface area contributed by atoms with Gasteiger partial charge in [0.15, 0.2) is 0 Å². The average molecular weight is 250 g/mol. The first-order valence-electron chi connectivity index (χ1n) is 5.53. The van der Waals surface area contributed by atoms with E-state index in [4.69, 9.17) is 5.73 Å². The summed E-state index contributed by atoms with van der Waals surface area (Å²) >= 11 is 1.66. The van der Waals surface area contributed by atoms with E-state index >= 15 is 0 Å². The summed E-state index contributed by atoms with van der Waals surface area (Å²) in [5.41, 5.74) is 7.77. The van der Waals surface area contributed by atoms with Crippen LogP contribution in [0.4, 0.5) is 10.1 Å². The zero-order valence-electron chi connectivity index (χ0n) is 9.45. The molecule has 4 heteroatoms. The summed E-state index contributed by atoms with van der Waals surface area (Å²) in [4.78, 5) is 1.17. The molecule has 0 saturated heterocycles. The first-order valence-corrected chi connectivity index (χ1v) is 6.40. The van der Waals surface area contributed by atoms with Crippen LogP contribution in [0.5, 0.6) is 0 Å². The second kappa shape index (κ2) is 5.80. The van der Waals surface area contributed by atoms with Gasteiger partial charge in [0, 0.05) is 17.1 Å². The van der Waals surface area contributed by atoms with Gasteiger partial charge in [-0.05, 0) is 42.1 Å². The van der Waals surface area contributed by atoms with E-state index in [-0.39, 0.29) is 5.82 Å². The van der Waals surface area contributed by atoms with E-state index in [9.17, 15) is 4.39 Å². The van der Waals surface area contributed by atoms with Gasteiger partial charge in [-0.25, -0.2) is 4.39 Å².